The normalized spacial score (nSPS) is 19.8. The molecule has 2 atom stereocenters. The number of likely N-dealkylation sites (tertiary alicyclic amines) is 1. The lowest BCUT2D eigenvalue weighted by atomic mass is 9.92. The van der Waals surface area contributed by atoms with Crippen LogP contribution in [0.4, 0.5) is 5.69 Å². The summed E-state index contributed by atoms with van der Waals surface area (Å²) in [6.45, 7) is 5.06. The molecule has 1 fully saturated rings. The number of piperidine rings is 1. The minimum absolute atomic E-state index is 0.0337. The van der Waals surface area contributed by atoms with Gasteiger partial charge in [-0.1, -0.05) is 19.1 Å². The number of hydrogen-bond acceptors (Lipinski definition) is 4. The van der Waals surface area contributed by atoms with Crippen LogP contribution in [0.3, 0.4) is 0 Å². The van der Waals surface area contributed by atoms with Crippen molar-refractivity contribution in [1.29, 1.82) is 0 Å². The van der Waals surface area contributed by atoms with Crippen molar-refractivity contribution in [1.82, 2.24) is 4.90 Å². The molecule has 134 valence electrons. The summed E-state index contributed by atoms with van der Waals surface area (Å²) in [5.74, 6) is 0.174. The molecule has 2 unspecified atom stereocenters. The van der Waals surface area contributed by atoms with Crippen LogP contribution in [-0.4, -0.2) is 44.1 Å². The molecule has 1 aromatic rings. The van der Waals surface area contributed by atoms with E-state index in [1.54, 1.807) is 36.1 Å². The number of benzene rings is 1. The van der Waals surface area contributed by atoms with Gasteiger partial charge in [0, 0.05) is 19.1 Å². The number of hydrogen-bond donors (Lipinski definition) is 2. The van der Waals surface area contributed by atoms with Crippen molar-refractivity contribution >= 4 is 21.6 Å². The lowest BCUT2D eigenvalue weighted by molar-refractivity contribution is 0.0662. The highest BCUT2D eigenvalue weighted by Gasteiger charge is 2.28. The van der Waals surface area contributed by atoms with E-state index in [2.05, 4.69) is 4.72 Å². The minimum Gasteiger partial charge on any atom is -0.338 e. The van der Waals surface area contributed by atoms with E-state index < -0.39 is 10.0 Å². The Labute approximate surface area is 144 Å². The average Bonchev–Trinajstić information content (AvgIpc) is 2.54. The van der Waals surface area contributed by atoms with Crippen LogP contribution < -0.4 is 10.5 Å². The molecular formula is C17H27N3O3S. The number of nitrogens with one attached hydrogen (secondary N) is 1. The Morgan fingerprint density at radius 2 is 2.12 bits per heavy atom. The number of sulfonamides is 1. The van der Waals surface area contributed by atoms with Crippen molar-refractivity contribution in [2.24, 2.45) is 11.7 Å². The Balaban J connectivity index is 2.21. The predicted molar refractivity (Wildman–Crippen MR) is 96.4 cm³/mol. The SMILES string of the molecule is CCCS(=O)(=O)Nc1ccccc1C(=O)N1CCCC(C(C)N)C1. The third kappa shape index (κ3) is 4.70. The monoisotopic (exact) mass is 353 g/mol. The van der Waals surface area contributed by atoms with Gasteiger partial charge >= 0.3 is 0 Å². The summed E-state index contributed by atoms with van der Waals surface area (Å²) in [6.07, 6.45) is 2.46. The molecule has 7 heteroatoms. The Morgan fingerprint density at radius 3 is 2.79 bits per heavy atom. The number of anilines is 1. The van der Waals surface area contributed by atoms with E-state index in [4.69, 9.17) is 5.73 Å². The van der Waals surface area contributed by atoms with E-state index in [0.29, 0.717) is 30.8 Å². The molecule has 0 aromatic heterocycles. The molecule has 1 heterocycles. The van der Waals surface area contributed by atoms with Gasteiger partial charge in [0.1, 0.15) is 0 Å². The number of amides is 1. The highest BCUT2D eigenvalue weighted by atomic mass is 32.2. The van der Waals surface area contributed by atoms with E-state index in [1.165, 1.54) is 0 Å². The topological polar surface area (TPSA) is 92.5 Å². The molecule has 1 aliphatic heterocycles. The zero-order chi connectivity index (χ0) is 17.7. The third-order valence-corrected chi connectivity index (χ3v) is 5.86. The van der Waals surface area contributed by atoms with Crippen LogP contribution in [-0.2, 0) is 10.0 Å². The highest BCUT2D eigenvalue weighted by molar-refractivity contribution is 7.92. The second kappa shape index (κ2) is 7.98. The summed E-state index contributed by atoms with van der Waals surface area (Å²) in [4.78, 5) is 14.7. The maximum absolute atomic E-state index is 12.9. The molecule has 0 spiro atoms. The number of carbonyl (C=O) groups is 1. The fraction of sp³-hybridized carbons (Fsp3) is 0.588. The van der Waals surface area contributed by atoms with Crippen molar-refractivity contribution in [2.75, 3.05) is 23.6 Å². The zero-order valence-corrected chi connectivity index (χ0v) is 15.2. The first-order chi connectivity index (χ1) is 11.3. The van der Waals surface area contributed by atoms with Crippen LogP contribution in [0.15, 0.2) is 24.3 Å². The quantitative estimate of drug-likeness (QED) is 0.818. The molecule has 6 nitrogen and oxygen atoms in total. The number of para-hydroxylation sites is 1. The van der Waals surface area contributed by atoms with Crippen molar-refractivity contribution < 1.29 is 13.2 Å². The molecule has 0 saturated carbocycles. The lowest BCUT2D eigenvalue weighted by Crippen LogP contribution is -2.45. The number of rotatable bonds is 6. The van der Waals surface area contributed by atoms with Gasteiger partial charge in [0.2, 0.25) is 10.0 Å². The highest BCUT2D eigenvalue weighted by Crippen LogP contribution is 2.24. The number of nitrogens with two attached hydrogens (primary N) is 1. The molecule has 1 amide bonds. The molecule has 1 saturated heterocycles. The van der Waals surface area contributed by atoms with E-state index >= 15 is 0 Å². The van der Waals surface area contributed by atoms with Gasteiger partial charge < -0.3 is 10.6 Å². The predicted octanol–water partition coefficient (Wildman–Crippen LogP) is 2.04. The third-order valence-electron chi connectivity index (χ3n) is 4.38. The first-order valence-electron chi connectivity index (χ1n) is 8.48. The molecule has 1 aliphatic rings. The Bertz CT molecular complexity index is 673. The van der Waals surface area contributed by atoms with Gasteiger partial charge in [-0.05, 0) is 44.2 Å². The van der Waals surface area contributed by atoms with Crippen molar-refractivity contribution in [3.63, 3.8) is 0 Å². The first-order valence-corrected chi connectivity index (χ1v) is 10.1. The summed E-state index contributed by atoms with van der Waals surface area (Å²) in [6, 6.07) is 6.81. The van der Waals surface area contributed by atoms with Crippen molar-refractivity contribution in [3.05, 3.63) is 29.8 Å². The fourth-order valence-electron chi connectivity index (χ4n) is 3.04. The van der Waals surface area contributed by atoms with Crippen LogP contribution >= 0.6 is 0 Å². The molecule has 0 aliphatic carbocycles. The molecular weight excluding hydrogens is 326 g/mol. The standard InChI is InChI=1S/C17H27N3O3S/c1-3-11-24(22,23)19-16-9-5-4-8-15(16)17(21)20-10-6-7-14(12-20)13(2)18/h4-5,8-9,13-14,19H,3,6-7,10-12,18H2,1-2H3. The zero-order valence-electron chi connectivity index (χ0n) is 14.4. The van der Waals surface area contributed by atoms with Gasteiger partial charge in [-0.2, -0.15) is 0 Å². The average molecular weight is 353 g/mol. The number of carbonyl (C=O) groups excluding carboxylic acids is 1. The van der Waals surface area contributed by atoms with E-state index in [0.717, 1.165) is 12.8 Å². The second-order valence-electron chi connectivity index (χ2n) is 6.48. The van der Waals surface area contributed by atoms with Gasteiger partial charge in [-0.3, -0.25) is 9.52 Å². The maximum atomic E-state index is 12.9. The van der Waals surface area contributed by atoms with Gasteiger partial charge in [-0.15, -0.1) is 0 Å². The molecule has 0 bridgehead atoms. The van der Waals surface area contributed by atoms with Crippen LogP contribution in [0.5, 0.6) is 0 Å². The van der Waals surface area contributed by atoms with Crippen molar-refractivity contribution in [2.45, 2.75) is 39.2 Å². The summed E-state index contributed by atoms with van der Waals surface area (Å²) < 4.78 is 26.6. The largest absolute Gasteiger partial charge is 0.338 e. The lowest BCUT2D eigenvalue weighted by Gasteiger charge is -2.35. The van der Waals surface area contributed by atoms with Crippen LogP contribution in [0.25, 0.3) is 0 Å². The Morgan fingerprint density at radius 1 is 1.42 bits per heavy atom. The first kappa shape index (κ1) is 18.7. The van der Waals surface area contributed by atoms with E-state index in [1.807, 2.05) is 6.92 Å². The van der Waals surface area contributed by atoms with Gasteiger partial charge in [0.05, 0.1) is 17.0 Å². The van der Waals surface area contributed by atoms with E-state index in [-0.39, 0.29) is 23.6 Å². The maximum Gasteiger partial charge on any atom is 0.255 e. The van der Waals surface area contributed by atoms with Crippen molar-refractivity contribution in [3.8, 4) is 0 Å². The molecule has 24 heavy (non-hydrogen) atoms. The van der Waals surface area contributed by atoms with Crippen LogP contribution in [0.1, 0.15) is 43.5 Å². The summed E-state index contributed by atoms with van der Waals surface area (Å²) in [5, 5.41) is 0. The summed E-state index contributed by atoms with van der Waals surface area (Å²) >= 11 is 0. The van der Waals surface area contributed by atoms with E-state index in [9.17, 15) is 13.2 Å². The summed E-state index contributed by atoms with van der Waals surface area (Å²) in [7, 11) is -3.44. The molecule has 0 radical (unpaired) electrons. The number of nitrogens with zero attached hydrogens (tertiary/aromatic N) is 1. The smallest absolute Gasteiger partial charge is 0.255 e. The van der Waals surface area contributed by atoms with Gasteiger partial charge in [0.25, 0.3) is 5.91 Å². The summed E-state index contributed by atoms with van der Waals surface area (Å²) in [5.41, 5.74) is 6.72. The second-order valence-corrected chi connectivity index (χ2v) is 8.32. The Kier molecular flexibility index (Phi) is 6.23. The van der Waals surface area contributed by atoms with Gasteiger partial charge in [-0.25, -0.2) is 8.42 Å². The molecule has 3 N–H and O–H groups in total. The van der Waals surface area contributed by atoms with Crippen LogP contribution in [0, 0.1) is 5.92 Å². The molecule has 2 rings (SSSR count). The Hall–Kier alpha value is -1.60. The van der Waals surface area contributed by atoms with Crippen LogP contribution in [0.2, 0.25) is 0 Å². The fourth-order valence-corrected chi connectivity index (χ4v) is 4.19. The minimum atomic E-state index is -3.44. The molecule has 1 aromatic carbocycles. The van der Waals surface area contributed by atoms with Gasteiger partial charge in [0.15, 0.2) is 0 Å².